The van der Waals surface area contributed by atoms with E-state index in [0.717, 1.165) is 19.4 Å². The van der Waals surface area contributed by atoms with Crippen molar-refractivity contribution >= 4 is 0 Å². The van der Waals surface area contributed by atoms with Crippen LogP contribution in [-0.2, 0) is 4.74 Å². The van der Waals surface area contributed by atoms with Crippen molar-refractivity contribution < 1.29 is 9.84 Å². The van der Waals surface area contributed by atoms with Gasteiger partial charge in [-0.3, -0.25) is 0 Å². The van der Waals surface area contributed by atoms with Crippen LogP contribution in [0.4, 0.5) is 0 Å². The lowest BCUT2D eigenvalue weighted by atomic mass is 9.68. The van der Waals surface area contributed by atoms with Gasteiger partial charge in [-0.2, -0.15) is 0 Å². The maximum Gasteiger partial charge on any atom is 0.0613 e. The Bertz CT molecular complexity index is 194. The van der Waals surface area contributed by atoms with E-state index in [1.54, 1.807) is 7.11 Å². The molecule has 1 aliphatic rings. The highest BCUT2D eigenvalue weighted by Crippen LogP contribution is 2.40. The molecule has 0 bridgehead atoms. The van der Waals surface area contributed by atoms with E-state index in [-0.39, 0.29) is 12.1 Å². The smallest absolute Gasteiger partial charge is 0.0613 e. The Morgan fingerprint density at radius 1 is 1.33 bits per heavy atom. The molecule has 0 heterocycles. The highest BCUT2D eigenvalue weighted by molar-refractivity contribution is 4.96. The predicted molar refractivity (Wildman–Crippen MR) is 61.9 cm³/mol. The van der Waals surface area contributed by atoms with Crippen LogP contribution in [0.25, 0.3) is 0 Å². The van der Waals surface area contributed by atoms with Crippen molar-refractivity contribution in [3.05, 3.63) is 0 Å². The summed E-state index contributed by atoms with van der Waals surface area (Å²) in [7, 11) is 1.71. The molecule has 3 heteroatoms. The summed E-state index contributed by atoms with van der Waals surface area (Å²) in [6.45, 7) is 6.35. The molecule has 0 saturated heterocycles. The molecule has 2 N–H and O–H groups in total. The second kappa shape index (κ2) is 5.28. The second-order valence-corrected chi connectivity index (χ2v) is 5.55. The molecular weight excluding hydrogens is 190 g/mol. The first-order chi connectivity index (χ1) is 7.04. The van der Waals surface area contributed by atoms with Crippen molar-refractivity contribution in [1.29, 1.82) is 0 Å². The van der Waals surface area contributed by atoms with Crippen molar-refractivity contribution in [3.63, 3.8) is 0 Å². The fourth-order valence-electron chi connectivity index (χ4n) is 2.76. The standard InChI is InChI=1S/C12H25NO2/c1-11(2)5-4-6-12(9-11,10-14)13-7-8-15-3/h13-14H,4-10H2,1-3H3. The summed E-state index contributed by atoms with van der Waals surface area (Å²) < 4.78 is 5.03. The summed E-state index contributed by atoms with van der Waals surface area (Å²) >= 11 is 0. The van der Waals surface area contributed by atoms with E-state index < -0.39 is 0 Å². The number of rotatable bonds is 5. The maximum absolute atomic E-state index is 9.57. The summed E-state index contributed by atoms with van der Waals surface area (Å²) in [6, 6.07) is 0. The molecule has 1 rings (SSSR count). The van der Waals surface area contributed by atoms with E-state index in [4.69, 9.17) is 4.74 Å². The van der Waals surface area contributed by atoms with Crippen molar-refractivity contribution in [2.24, 2.45) is 5.41 Å². The largest absolute Gasteiger partial charge is 0.394 e. The first-order valence-electron chi connectivity index (χ1n) is 5.88. The second-order valence-electron chi connectivity index (χ2n) is 5.55. The lowest BCUT2D eigenvalue weighted by Gasteiger charge is -2.44. The van der Waals surface area contributed by atoms with Gasteiger partial charge in [0.2, 0.25) is 0 Å². The molecule has 1 saturated carbocycles. The minimum Gasteiger partial charge on any atom is -0.394 e. The summed E-state index contributed by atoms with van der Waals surface area (Å²) in [5.74, 6) is 0. The number of ether oxygens (including phenoxy) is 1. The number of aliphatic hydroxyl groups excluding tert-OH is 1. The third kappa shape index (κ3) is 3.74. The van der Waals surface area contributed by atoms with Crippen LogP contribution in [0, 0.1) is 5.41 Å². The van der Waals surface area contributed by atoms with E-state index in [1.807, 2.05) is 0 Å². The lowest BCUT2D eigenvalue weighted by Crippen LogP contribution is -2.54. The first kappa shape index (κ1) is 12.9. The van der Waals surface area contributed by atoms with Crippen LogP contribution in [-0.4, -0.2) is 37.5 Å². The molecule has 1 atom stereocenters. The SMILES string of the molecule is COCCNC1(CO)CCCC(C)(C)C1. The van der Waals surface area contributed by atoms with Crippen molar-refractivity contribution in [1.82, 2.24) is 5.32 Å². The van der Waals surface area contributed by atoms with E-state index in [2.05, 4.69) is 19.2 Å². The average Bonchev–Trinajstić information content (AvgIpc) is 2.17. The third-order valence-electron chi connectivity index (χ3n) is 3.43. The van der Waals surface area contributed by atoms with Gasteiger partial charge in [-0.05, 0) is 24.7 Å². The Labute approximate surface area is 93.2 Å². The molecule has 0 aliphatic heterocycles. The van der Waals surface area contributed by atoms with Gasteiger partial charge in [-0.1, -0.05) is 20.3 Å². The number of aliphatic hydroxyl groups is 1. The van der Waals surface area contributed by atoms with Crippen molar-refractivity contribution in [2.45, 2.75) is 45.1 Å². The molecule has 1 unspecified atom stereocenters. The third-order valence-corrected chi connectivity index (χ3v) is 3.43. The lowest BCUT2D eigenvalue weighted by molar-refractivity contribution is 0.0563. The molecule has 1 aliphatic carbocycles. The minimum atomic E-state index is -0.0692. The van der Waals surface area contributed by atoms with Crippen LogP contribution in [0.1, 0.15) is 39.5 Å². The van der Waals surface area contributed by atoms with Crippen molar-refractivity contribution in [3.8, 4) is 0 Å². The Morgan fingerprint density at radius 3 is 2.60 bits per heavy atom. The highest BCUT2D eigenvalue weighted by Gasteiger charge is 2.38. The van der Waals surface area contributed by atoms with Crippen LogP contribution in [0.5, 0.6) is 0 Å². The quantitative estimate of drug-likeness (QED) is 0.684. The fraction of sp³-hybridized carbons (Fsp3) is 1.00. The molecule has 0 spiro atoms. The Kier molecular flexibility index (Phi) is 4.56. The highest BCUT2D eigenvalue weighted by atomic mass is 16.5. The van der Waals surface area contributed by atoms with Gasteiger partial charge in [0.25, 0.3) is 0 Å². The van der Waals surface area contributed by atoms with Gasteiger partial charge in [0.1, 0.15) is 0 Å². The van der Waals surface area contributed by atoms with Gasteiger partial charge in [-0.25, -0.2) is 0 Å². The molecule has 0 aromatic rings. The van der Waals surface area contributed by atoms with Gasteiger partial charge in [0.05, 0.1) is 13.2 Å². The molecule has 0 amide bonds. The Morgan fingerprint density at radius 2 is 2.07 bits per heavy atom. The van der Waals surface area contributed by atoms with Crippen molar-refractivity contribution in [2.75, 3.05) is 26.9 Å². The number of nitrogens with one attached hydrogen (secondary N) is 1. The first-order valence-corrected chi connectivity index (χ1v) is 5.88. The predicted octanol–water partition coefficient (Wildman–Crippen LogP) is 1.55. The van der Waals surface area contributed by atoms with Gasteiger partial charge in [-0.15, -0.1) is 0 Å². The molecule has 0 radical (unpaired) electrons. The molecule has 0 aromatic heterocycles. The summed E-state index contributed by atoms with van der Waals surface area (Å²) in [4.78, 5) is 0. The van der Waals surface area contributed by atoms with Gasteiger partial charge in [0.15, 0.2) is 0 Å². The molecule has 0 aromatic carbocycles. The molecule has 90 valence electrons. The van der Waals surface area contributed by atoms with Gasteiger partial charge >= 0.3 is 0 Å². The maximum atomic E-state index is 9.57. The minimum absolute atomic E-state index is 0.0692. The van der Waals surface area contributed by atoms with Crippen LogP contribution in [0.3, 0.4) is 0 Å². The summed E-state index contributed by atoms with van der Waals surface area (Å²) in [5, 5.41) is 13.0. The zero-order valence-corrected chi connectivity index (χ0v) is 10.3. The Hall–Kier alpha value is -0.120. The van der Waals surface area contributed by atoms with Gasteiger partial charge in [0, 0.05) is 19.2 Å². The molecular formula is C12H25NO2. The van der Waals surface area contributed by atoms with Gasteiger partial charge < -0.3 is 15.2 Å². The number of methoxy groups -OCH3 is 1. The van der Waals surface area contributed by atoms with E-state index in [9.17, 15) is 5.11 Å². The van der Waals surface area contributed by atoms with Crippen LogP contribution >= 0.6 is 0 Å². The van der Waals surface area contributed by atoms with E-state index in [0.29, 0.717) is 12.0 Å². The average molecular weight is 215 g/mol. The van der Waals surface area contributed by atoms with E-state index >= 15 is 0 Å². The number of hydrogen-bond acceptors (Lipinski definition) is 3. The van der Waals surface area contributed by atoms with E-state index in [1.165, 1.54) is 12.8 Å². The monoisotopic (exact) mass is 215 g/mol. The summed E-state index contributed by atoms with van der Waals surface area (Å²) in [6.07, 6.45) is 4.60. The number of hydrogen-bond donors (Lipinski definition) is 2. The molecule has 3 nitrogen and oxygen atoms in total. The normalized spacial score (nSPS) is 30.4. The van der Waals surface area contributed by atoms with Crippen LogP contribution in [0.2, 0.25) is 0 Å². The topological polar surface area (TPSA) is 41.5 Å². The zero-order valence-electron chi connectivity index (χ0n) is 10.3. The zero-order chi connectivity index (χ0) is 11.4. The molecule has 15 heavy (non-hydrogen) atoms. The Balaban J connectivity index is 2.51. The van der Waals surface area contributed by atoms with Crippen LogP contribution < -0.4 is 5.32 Å². The van der Waals surface area contributed by atoms with Crippen LogP contribution in [0.15, 0.2) is 0 Å². The summed E-state index contributed by atoms with van der Waals surface area (Å²) in [5.41, 5.74) is 0.279. The fourth-order valence-corrected chi connectivity index (χ4v) is 2.76. The molecule has 1 fully saturated rings.